The van der Waals surface area contributed by atoms with E-state index in [9.17, 15) is 13.6 Å². The van der Waals surface area contributed by atoms with Gasteiger partial charge in [-0.3, -0.25) is 4.98 Å². The molecule has 0 N–H and O–H groups in total. The van der Waals surface area contributed by atoms with Crippen molar-refractivity contribution in [2.75, 3.05) is 13.2 Å². The van der Waals surface area contributed by atoms with Crippen LogP contribution < -0.4 is 0 Å². The van der Waals surface area contributed by atoms with Gasteiger partial charge < -0.3 is 9.47 Å². The molecule has 0 aromatic carbocycles. The van der Waals surface area contributed by atoms with Gasteiger partial charge in [-0.1, -0.05) is 6.07 Å². The van der Waals surface area contributed by atoms with Crippen molar-refractivity contribution in [3.63, 3.8) is 0 Å². The molecule has 4 nitrogen and oxygen atoms in total. The van der Waals surface area contributed by atoms with E-state index < -0.39 is 12.1 Å². The predicted molar refractivity (Wildman–Crippen MR) is 55.5 cm³/mol. The topological polar surface area (TPSA) is 48.4 Å². The van der Waals surface area contributed by atoms with Crippen molar-refractivity contribution in [3.05, 3.63) is 30.1 Å². The molecule has 0 atom stereocenters. The van der Waals surface area contributed by atoms with E-state index in [4.69, 9.17) is 0 Å². The molecule has 1 aromatic heterocycles. The number of nitrogens with zero attached hydrogens (tertiary/aromatic N) is 1. The van der Waals surface area contributed by atoms with Crippen LogP contribution in [0.15, 0.2) is 24.4 Å². The number of esters is 1. The van der Waals surface area contributed by atoms with E-state index in [1.165, 1.54) is 6.92 Å². The molecule has 94 valence electrons. The summed E-state index contributed by atoms with van der Waals surface area (Å²) in [5, 5.41) is 0. The third kappa shape index (κ3) is 4.44. The molecule has 0 fully saturated rings. The predicted octanol–water partition coefficient (Wildman–Crippen LogP) is 1.80. The summed E-state index contributed by atoms with van der Waals surface area (Å²) in [4.78, 5) is 14.7. The van der Waals surface area contributed by atoms with Gasteiger partial charge in [-0.2, -0.15) is 8.78 Å². The fourth-order valence-electron chi connectivity index (χ4n) is 1.10. The normalized spacial score (nSPS) is 11.2. The first-order chi connectivity index (χ1) is 8.06. The van der Waals surface area contributed by atoms with Gasteiger partial charge in [0.05, 0.1) is 13.2 Å². The van der Waals surface area contributed by atoms with Gasteiger partial charge in [0, 0.05) is 18.3 Å². The summed E-state index contributed by atoms with van der Waals surface area (Å²) < 4.78 is 34.4. The summed E-state index contributed by atoms with van der Waals surface area (Å²) in [6.45, 7) is 1.03. The third-order valence-electron chi connectivity index (χ3n) is 1.88. The summed E-state index contributed by atoms with van der Waals surface area (Å²) in [6.07, 6.45) is -2.14. The van der Waals surface area contributed by atoms with E-state index in [1.54, 1.807) is 24.4 Å². The average molecular weight is 245 g/mol. The quantitative estimate of drug-likeness (QED) is 0.717. The average Bonchev–Trinajstić information content (AvgIpc) is 2.30. The van der Waals surface area contributed by atoms with Gasteiger partial charge in [0.25, 0.3) is 0 Å². The van der Waals surface area contributed by atoms with Crippen LogP contribution in [0.5, 0.6) is 0 Å². The number of aromatic nitrogens is 1. The largest absolute Gasteiger partial charge is 0.460 e. The number of pyridine rings is 1. The molecule has 0 amide bonds. The van der Waals surface area contributed by atoms with E-state index in [2.05, 4.69) is 14.5 Å². The number of rotatable bonds is 6. The van der Waals surface area contributed by atoms with Crippen LogP contribution in [0.4, 0.5) is 8.78 Å². The molecule has 6 heteroatoms. The molecule has 1 heterocycles. The van der Waals surface area contributed by atoms with E-state index in [1.807, 2.05) is 0 Å². The Hall–Kier alpha value is -1.56. The number of halogens is 2. The van der Waals surface area contributed by atoms with Gasteiger partial charge in [0.15, 0.2) is 0 Å². The lowest BCUT2D eigenvalue weighted by Crippen LogP contribution is -2.34. The highest BCUT2D eigenvalue weighted by molar-refractivity contribution is 5.75. The zero-order valence-corrected chi connectivity index (χ0v) is 9.36. The van der Waals surface area contributed by atoms with Crippen molar-refractivity contribution in [2.45, 2.75) is 19.5 Å². The van der Waals surface area contributed by atoms with Crippen LogP contribution in [0.3, 0.4) is 0 Å². The summed E-state index contributed by atoms with van der Waals surface area (Å²) in [5.41, 5.74) is 0.618. The Balaban J connectivity index is 2.37. The Morgan fingerprint density at radius 2 is 2.24 bits per heavy atom. The second-order valence-corrected chi connectivity index (χ2v) is 3.16. The summed E-state index contributed by atoms with van der Waals surface area (Å²) in [5.74, 6) is -1.67. The molecule has 0 spiro atoms. The van der Waals surface area contributed by atoms with Crippen molar-refractivity contribution in [1.29, 1.82) is 0 Å². The standard InChI is InChI=1S/C11H13F2NO3/c1-2-16-10(15)11(12,13)17-8-6-9-5-3-4-7-14-9/h3-5,7H,2,6,8H2,1H3. The molecule has 1 aromatic rings. The number of carbonyl (C=O) groups excluding carboxylic acids is 1. The Morgan fingerprint density at radius 1 is 1.47 bits per heavy atom. The maximum atomic E-state index is 13.0. The van der Waals surface area contributed by atoms with Crippen LogP contribution in [-0.2, 0) is 20.7 Å². The van der Waals surface area contributed by atoms with Gasteiger partial charge in [-0.15, -0.1) is 0 Å². The van der Waals surface area contributed by atoms with Gasteiger partial charge >= 0.3 is 12.1 Å². The van der Waals surface area contributed by atoms with Gasteiger partial charge in [-0.25, -0.2) is 4.79 Å². The Bertz CT molecular complexity index is 357. The molecule has 0 unspecified atom stereocenters. The minimum atomic E-state index is -3.90. The number of hydrogen-bond donors (Lipinski definition) is 0. The highest BCUT2D eigenvalue weighted by Crippen LogP contribution is 2.17. The third-order valence-corrected chi connectivity index (χ3v) is 1.88. The van der Waals surface area contributed by atoms with Gasteiger partial charge in [0.2, 0.25) is 0 Å². The molecule has 0 aliphatic rings. The molecule has 0 aliphatic heterocycles. The van der Waals surface area contributed by atoms with Crippen LogP contribution >= 0.6 is 0 Å². The molecular formula is C11H13F2NO3. The highest BCUT2D eigenvalue weighted by Gasteiger charge is 2.42. The zero-order chi connectivity index (χ0) is 12.7. The van der Waals surface area contributed by atoms with Crippen LogP contribution in [0.2, 0.25) is 0 Å². The molecule has 1 rings (SSSR count). The minimum absolute atomic E-state index is 0.113. The summed E-state index contributed by atoms with van der Waals surface area (Å²) >= 11 is 0. The zero-order valence-electron chi connectivity index (χ0n) is 9.36. The second kappa shape index (κ2) is 6.24. The lowest BCUT2D eigenvalue weighted by molar-refractivity contribution is -0.249. The van der Waals surface area contributed by atoms with Crippen LogP contribution in [-0.4, -0.2) is 30.3 Å². The molecular weight excluding hydrogens is 232 g/mol. The van der Waals surface area contributed by atoms with Crippen molar-refractivity contribution in [1.82, 2.24) is 4.98 Å². The number of alkyl halides is 2. The molecule has 0 bridgehead atoms. The van der Waals surface area contributed by atoms with Crippen molar-refractivity contribution in [2.24, 2.45) is 0 Å². The van der Waals surface area contributed by atoms with Crippen LogP contribution in [0.1, 0.15) is 12.6 Å². The monoisotopic (exact) mass is 245 g/mol. The van der Waals surface area contributed by atoms with Gasteiger partial charge in [-0.05, 0) is 19.1 Å². The van der Waals surface area contributed by atoms with Gasteiger partial charge in [0.1, 0.15) is 0 Å². The maximum absolute atomic E-state index is 13.0. The molecule has 0 radical (unpaired) electrons. The number of carbonyl (C=O) groups is 1. The Morgan fingerprint density at radius 3 is 2.82 bits per heavy atom. The first-order valence-corrected chi connectivity index (χ1v) is 5.15. The Labute approximate surface area is 97.6 Å². The lowest BCUT2D eigenvalue weighted by Gasteiger charge is -2.14. The minimum Gasteiger partial charge on any atom is -0.460 e. The summed E-state index contributed by atoms with van der Waals surface area (Å²) in [6, 6.07) is 5.15. The van der Waals surface area contributed by atoms with Crippen molar-refractivity contribution < 1.29 is 23.0 Å². The van der Waals surface area contributed by atoms with E-state index in [-0.39, 0.29) is 19.6 Å². The fraction of sp³-hybridized carbons (Fsp3) is 0.455. The first kappa shape index (κ1) is 13.5. The second-order valence-electron chi connectivity index (χ2n) is 3.16. The van der Waals surface area contributed by atoms with Crippen molar-refractivity contribution in [3.8, 4) is 0 Å². The lowest BCUT2D eigenvalue weighted by atomic mass is 10.3. The SMILES string of the molecule is CCOC(=O)C(F)(F)OCCc1ccccn1. The smallest absolute Gasteiger partial charge is 0.456 e. The first-order valence-electron chi connectivity index (χ1n) is 5.15. The molecule has 0 aliphatic carbocycles. The number of ether oxygens (including phenoxy) is 2. The fourth-order valence-corrected chi connectivity index (χ4v) is 1.10. The molecule has 0 saturated heterocycles. The molecule has 17 heavy (non-hydrogen) atoms. The van der Waals surface area contributed by atoms with Crippen molar-refractivity contribution >= 4 is 5.97 Å². The number of hydrogen-bond acceptors (Lipinski definition) is 4. The Kier molecular flexibility index (Phi) is 4.96. The van der Waals surface area contributed by atoms with E-state index in [0.29, 0.717) is 5.69 Å². The summed E-state index contributed by atoms with van der Waals surface area (Å²) in [7, 11) is 0. The van der Waals surface area contributed by atoms with Crippen LogP contribution in [0, 0.1) is 0 Å². The van der Waals surface area contributed by atoms with E-state index >= 15 is 0 Å². The molecule has 0 saturated carbocycles. The van der Waals surface area contributed by atoms with Crippen LogP contribution in [0.25, 0.3) is 0 Å². The highest BCUT2D eigenvalue weighted by atomic mass is 19.3. The maximum Gasteiger partial charge on any atom is 0.456 e. The van der Waals surface area contributed by atoms with E-state index in [0.717, 1.165) is 0 Å².